The minimum atomic E-state index is -0.843. The fourth-order valence-corrected chi connectivity index (χ4v) is 2.06. The first-order chi connectivity index (χ1) is 8.08. The summed E-state index contributed by atoms with van der Waals surface area (Å²) in [6.07, 6.45) is 1.36. The smallest absolute Gasteiger partial charge is 0.307 e. The van der Waals surface area contributed by atoms with Crippen molar-refractivity contribution in [3.05, 3.63) is 36.0 Å². The van der Waals surface area contributed by atoms with E-state index in [9.17, 15) is 9.90 Å². The third-order valence-corrected chi connectivity index (χ3v) is 2.67. The predicted octanol–water partition coefficient (Wildman–Crippen LogP) is 1.65. The van der Waals surface area contributed by atoms with E-state index < -0.39 is 12.1 Å². The van der Waals surface area contributed by atoms with E-state index in [1.54, 1.807) is 6.92 Å². The Kier molecular flexibility index (Phi) is 3.15. The average molecular weight is 233 g/mol. The number of carboxylic acid groups (broad SMARTS) is 1. The quantitative estimate of drug-likeness (QED) is 0.844. The molecule has 1 aromatic heterocycles. The van der Waals surface area contributed by atoms with Crippen LogP contribution in [0.25, 0.3) is 10.9 Å². The molecule has 0 amide bonds. The molecular weight excluding hydrogens is 218 g/mol. The van der Waals surface area contributed by atoms with Gasteiger partial charge in [-0.25, -0.2) is 0 Å². The van der Waals surface area contributed by atoms with Crippen molar-refractivity contribution in [3.8, 4) is 0 Å². The molecule has 0 aliphatic heterocycles. The first kappa shape index (κ1) is 11.7. The fraction of sp³-hybridized carbons (Fsp3) is 0.308. The van der Waals surface area contributed by atoms with Gasteiger partial charge >= 0.3 is 5.97 Å². The largest absolute Gasteiger partial charge is 0.481 e. The lowest BCUT2D eigenvalue weighted by molar-refractivity contribution is -0.136. The summed E-state index contributed by atoms with van der Waals surface area (Å²) in [6.45, 7) is 2.19. The normalized spacial score (nSPS) is 12.8. The topological polar surface area (TPSA) is 62.5 Å². The summed E-state index contributed by atoms with van der Waals surface area (Å²) in [5.74, 6) is -0.843. The van der Waals surface area contributed by atoms with Crippen molar-refractivity contribution in [1.29, 1.82) is 0 Å². The Labute approximate surface area is 99.1 Å². The highest BCUT2D eigenvalue weighted by molar-refractivity contribution is 5.87. The number of hydrogen-bond donors (Lipinski definition) is 2. The maximum absolute atomic E-state index is 10.8. The van der Waals surface area contributed by atoms with Gasteiger partial charge in [-0.1, -0.05) is 18.2 Å². The summed E-state index contributed by atoms with van der Waals surface area (Å²) in [4.78, 5) is 10.8. The van der Waals surface area contributed by atoms with E-state index in [4.69, 9.17) is 5.11 Å². The number of carboxylic acids is 1. The number of hydrogen-bond acceptors (Lipinski definition) is 2. The van der Waals surface area contributed by atoms with Gasteiger partial charge in [0.25, 0.3) is 0 Å². The molecule has 1 unspecified atom stereocenters. The molecular formula is C13H15NO3. The zero-order valence-corrected chi connectivity index (χ0v) is 9.63. The summed E-state index contributed by atoms with van der Waals surface area (Å²) in [5, 5.41) is 19.2. The van der Waals surface area contributed by atoms with Gasteiger partial charge in [-0.15, -0.1) is 0 Å². The molecule has 2 rings (SSSR count). The van der Waals surface area contributed by atoms with Crippen LogP contribution in [0.5, 0.6) is 0 Å². The number of benzene rings is 1. The molecule has 0 aliphatic carbocycles. The van der Waals surface area contributed by atoms with Gasteiger partial charge in [-0.2, -0.15) is 0 Å². The molecule has 1 aromatic carbocycles. The van der Waals surface area contributed by atoms with Crippen LogP contribution in [0.4, 0.5) is 0 Å². The zero-order chi connectivity index (χ0) is 12.4. The molecule has 0 aliphatic rings. The number of para-hydroxylation sites is 1. The maximum atomic E-state index is 10.8. The highest BCUT2D eigenvalue weighted by Gasteiger charge is 2.11. The van der Waals surface area contributed by atoms with Crippen LogP contribution in [0, 0.1) is 0 Å². The molecule has 0 spiro atoms. The van der Waals surface area contributed by atoms with Gasteiger partial charge in [-0.3, -0.25) is 4.79 Å². The number of nitrogens with zero attached hydrogens (tertiary/aromatic N) is 1. The van der Waals surface area contributed by atoms with Gasteiger partial charge in [0, 0.05) is 23.6 Å². The highest BCUT2D eigenvalue weighted by atomic mass is 16.4. The predicted molar refractivity (Wildman–Crippen MR) is 65.0 cm³/mol. The van der Waals surface area contributed by atoms with Gasteiger partial charge in [0.2, 0.25) is 0 Å². The summed E-state index contributed by atoms with van der Waals surface area (Å²) in [6, 6.07) is 7.64. The van der Waals surface area contributed by atoms with Crippen molar-refractivity contribution in [1.82, 2.24) is 4.57 Å². The maximum Gasteiger partial charge on any atom is 0.307 e. The van der Waals surface area contributed by atoms with Crippen molar-refractivity contribution in [2.75, 3.05) is 0 Å². The number of carbonyl (C=O) groups is 1. The summed E-state index contributed by atoms with van der Waals surface area (Å²) in [7, 11) is 0. The van der Waals surface area contributed by atoms with Crippen LogP contribution in [0.3, 0.4) is 0 Å². The molecule has 90 valence electrons. The van der Waals surface area contributed by atoms with Crippen molar-refractivity contribution in [2.24, 2.45) is 0 Å². The molecule has 4 nitrogen and oxygen atoms in total. The Morgan fingerprint density at radius 3 is 2.76 bits per heavy atom. The van der Waals surface area contributed by atoms with Gasteiger partial charge in [0.15, 0.2) is 0 Å². The van der Waals surface area contributed by atoms with Crippen molar-refractivity contribution < 1.29 is 15.0 Å². The average Bonchev–Trinajstić information content (AvgIpc) is 2.56. The van der Waals surface area contributed by atoms with Crippen LogP contribution in [0.15, 0.2) is 30.5 Å². The van der Waals surface area contributed by atoms with Crippen molar-refractivity contribution in [2.45, 2.75) is 26.0 Å². The minimum Gasteiger partial charge on any atom is -0.481 e. The van der Waals surface area contributed by atoms with Crippen LogP contribution >= 0.6 is 0 Å². The van der Waals surface area contributed by atoms with Crippen molar-refractivity contribution in [3.63, 3.8) is 0 Å². The van der Waals surface area contributed by atoms with E-state index in [0.717, 1.165) is 16.5 Å². The van der Waals surface area contributed by atoms with Gasteiger partial charge < -0.3 is 14.8 Å². The van der Waals surface area contributed by atoms with Crippen LogP contribution in [0.2, 0.25) is 0 Å². The van der Waals surface area contributed by atoms with Crippen LogP contribution in [-0.4, -0.2) is 26.9 Å². The Morgan fingerprint density at radius 1 is 1.41 bits per heavy atom. The Bertz CT molecular complexity index is 543. The van der Waals surface area contributed by atoms with E-state index in [1.165, 1.54) is 0 Å². The Morgan fingerprint density at radius 2 is 2.12 bits per heavy atom. The Hall–Kier alpha value is -1.81. The lowest BCUT2D eigenvalue weighted by Gasteiger charge is -2.06. The van der Waals surface area contributed by atoms with Gasteiger partial charge in [-0.05, 0) is 18.6 Å². The molecule has 0 saturated carbocycles. The summed E-state index contributed by atoms with van der Waals surface area (Å²) >= 11 is 0. The minimum absolute atomic E-state index is 0.00726. The van der Waals surface area contributed by atoms with Gasteiger partial charge in [0.05, 0.1) is 12.5 Å². The summed E-state index contributed by atoms with van der Waals surface area (Å²) < 4.78 is 1.90. The SMILES string of the molecule is CC(O)Cn1cc(CC(=O)O)c2ccccc21. The third-order valence-electron chi connectivity index (χ3n) is 2.67. The molecule has 0 radical (unpaired) electrons. The van der Waals surface area contributed by atoms with Crippen molar-refractivity contribution >= 4 is 16.9 Å². The number of aliphatic carboxylic acids is 1. The molecule has 0 bridgehead atoms. The molecule has 0 fully saturated rings. The van der Waals surface area contributed by atoms with Crippen LogP contribution in [-0.2, 0) is 17.8 Å². The molecule has 0 saturated heterocycles. The Balaban J connectivity index is 2.50. The molecule has 17 heavy (non-hydrogen) atoms. The lowest BCUT2D eigenvalue weighted by atomic mass is 10.1. The zero-order valence-electron chi connectivity index (χ0n) is 9.63. The monoisotopic (exact) mass is 233 g/mol. The van der Waals surface area contributed by atoms with E-state index in [1.807, 2.05) is 35.0 Å². The van der Waals surface area contributed by atoms with E-state index in [2.05, 4.69) is 0 Å². The number of aliphatic hydroxyl groups excluding tert-OH is 1. The molecule has 1 atom stereocenters. The molecule has 4 heteroatoms. The second-order valence-electron chi connectivity index (χ2n) is 4.24. The number of fused-ring (bicyclic) bond motifs is 1. The lowest BCUT2D eigenvalue weighted by Crippen LogP contribution is -2.10. The fourth-order valence-electron chi connectivity index (χ4n) is 2.06. The second kappa shape index (κ2) is 4.59. The number of rotatable bonds is 4. The van der Waals surface area contributed by atoms with E-state index >= 15 is 0 Å². The number of aromatic nitrogens is 1. The molecule has 2 aromatic rings. The van der Waals surface area contributed by atoms with E-state index in [0.29, 0.717) is 6.54 Å². The first-order valence-corrected chi connectivity index (χ1v) is 5.54. The highest BCUT2D eigenvalue weighted by Crippen LogP contribution is 2.22. The third kappa shape index (κ3) is 2.47. The number of aliphatic hydroxyl groups is 1. The summed E-state index contributed by atoms with van der Waals surface area (Å²) in [5.41, 5.74) is 1.75. The standard InChI is InChI=1S/C13H15NO3/c1-9(15)7-14-8-10(6-13(16)17)11-4-2-3-5-12(11)14/h2-5,8-9,15H,6-7H2,1H3,(H,16,17). The van der Waals surface area contributed by atoms with Crippen LogP contribution in [0.1, 0.15) is 12.5 Å². The molecule has 2 N–H and O–H groups in total. The van der Waals surface area contributed by atoms with E-state index in [-0.39, 0.29) is 6.42 Å². The van der Waals surface area contributed by atoms with Crippen LogP contribution < -0.4 is 0 Å². The van der Waals surface area contributed by atoms with Gasteiger partial charge in [0.1, 0.15) is 0 Å². The second-order valence-corrected chi connectivity index (χ2v) is 4.24. The first-order valence-electron chi connectivity index (χ1n) is 5.54. The molecule has 1 heterocycles.